The Hall–Kier alpha value is -2.41. The van der Waals surface area contributed by atoms with Crippen LogP contribution in [0.3, 0.4) is 0 Å². The molecule has 2 aliphatic heterocycles. The first-order valence-electron chi connectivity index (χ1n) is 7.92. The number of ether oxygens (including phenoxy) is 1. The fourth-order valence-corrected chi connectivity index (χ4v) is 4.13. The molecule has 3 rings (SSSR count). The molecule has 128 valence electrons. The highest BCUT2D eigenvalue weighted by Crippen LogP contribution is 2.45. The smallest absolute Gasteiger partial charge is 0.368 e. The molecule has 0 radical (unpaired) electrons. The van der Waals surface area contributed by atoms with Gasteiger partial charge in [-0.3, -0.25) is 14.5 Å². The van der Waals surface area contributed by atoms with Crippen molar-refractivity contribution >= 4 is 17.8 Å². The molecule has 2 fully saturated rings. The molecule has 1 aromatic rings. The van der Waals surface area contributed by atoms with E-state index in [-0.39, 0.29) is 23.6 Å². The monoisotopic (exact) mass is 333 g/mol. The van der Waals surface area contributed by atoms with Crippen LogP contribution >= 0.6 is 0 Å². The van der Waals surface area contributed by atoms with E-state index in [0.717, 1.165) is 10.5 Å². The van der Waals surface area contributed by atoms with Gasteiger partial charge in [-0.1, -0.05) is 6.92 Å². The van der Waals surface area contributed by atoms with Crippen LogP contribution in [0.1, 0.15) is 24.9 Å². The van der Waals surface area contributed by atoms with Gasteiger partial charge < -0.3 is 15.2 Å². The Bertz CT molecular complexity index is 701. The van der Waals surface area contributed by atoms with E-state index in [2.05, 4.69) is 0 Å². The van der Waals surface area contributed by atoms with Crippen LogP contribution in [-0.4, -0.2) is 47.5 Å². The lowest BCUT2D eigenvalue weighted by Gasteiger charge is -2.27. The Balaban J connectivity index is 2.12. The summed E-state index contributed by atoms with van der Waals surface area (Å²) in [5, 5.41) is 11.3. The molecule has 0 unspecified atom stereocenters. The summed E-state index contributed by atoms with van der Waals surface area (Å²) < 4.78 is 4.97. The lowest BCUT2D eigenvalue weighted by Crippen LogP contribution is -2.98. The summed E-state index contributed by atoms with van der Waals surface area (Å²) in [6.45, 7) is 1.82. The van der Waals surface area contributed by atoms with Crippen molar-refractivity contribution in [1.29, 1.82) is 0 Å². The van der Waals surface area contributed by atoms with Crippen LogP contribution in [0.25, 0.3) is 0 Å². The Morgan fingerprint density at radius 3 is 2.46 bits per heavy atom. The quantitative estimate of drug-likeness (QED) is 0.577. The topological polar surface area (TPSA) is 101 Å². The van der Waals surface area contributed by atoms with Gasteiger partial charge in [0.05, 0.1) is 7.11 Å². The number of hydrogen-bond donors (Lipinski definition) is 2. The second kappa shape index (κ2) is 5.59. The summed E-state index contributed by atoms with van der Waals surface area (Å²) in [4.78, 5) is 38.9. The minimum Gasteiger partial charge on any atom is -0.508 e. The second-order valence-corrected chi connectivity index (χ2v) is 6.41. The molecule has 2 saturated heterocycles. The molecule has 1 aromatic carbocycles. The maximum Gasteiger partial charge on any atom is 0.368 e. The predicted molar refractivity (Wildman–Crippen MR) is 82.6 cm³/mol. The fraction of sp³-hybridized carbons (Fsp3) is 0.471. The number of likely N-dealkylation sites (tertiary alicyclic amines) is 1. The number of benzene rings is 1. The number of imide groups is 1. The zero-order valence-electron chi connectivity index (χ0n) is 13.9. The van der Waals surface area contributed by atoms with E-state index < -0.39 is 23.3 Å². The molecule has 24 heavy (non-hydrogen) atoms. The number of hydrogen-bond acceptors (Lipinski definition) is 5. The zero-order valence-corrected chi connectivity index (χ0v) is 13.9. The molecule has 3 N–H and O–H groups in total. The third kappa shape index (κ3) is 2.04. The maximum atomic E-state index is 12.7. The molecule has 0 aliphatic carbocycles. The normalized spacial score (nSPS) is 32.1. The lowest BCUT2D eigenvalue weighted by molar-refractivity contribution is -0.734. The third-order valence-corrected chi connectivity index (χ3v) is 5.42. The van der Waals surface area contributed by atoms with Crippen LogP contribution in [0.15, 0.2) is 24.3 Å². The van der Waals surface area contributed by atoms with Crippen molar-refractivity contribution in [2.24, 2.45) is 11.8 Å². The standard InChI is InChI=1S/C17H20N2O5/c1-4-17(16(23)24-3)12-11(14(21)19(2)15(12)22)13(18-17)9-5-7-10(20)8-6-9/h5-8,11-13,18,20H,4H2,1-3H3/p+1/t11-,12+,13-,17-/m0/s1. The molecule has 0 saturated carbocycles. The highest BCUT2D eigenvalue weighted by atomic mass is 16.5. The van der Waals surface area contributed by atoms with Gasteiger partial charge in [-0.15, -0.1) is 0 Å². The number of amides is 2. The van der Waals surface area contributed by atoms with Crippen LogP contribution in [0.5, 0.6) is 5.75 Å². The zero-order chi connectivity index (χ0) is 17.6. The van der Waals surface area contributed by atoms with Gasteiger partial charge in [-0.25, -0.2) is 4.79 Å². The number of nitrogens with two attached hydrogens (primary N) is 1. The first-order valence-corrected chi connectivity index (χ1v) is 7.92. The van der Waals surface area contributed by atoms with E-state index in [1.165, 1.54) is 26.3 Å². The number of aromatic hydroxyl groups is 1. The van der Waals surface area contributed by atoms with E-state index in [1.54, 1.807) is 17.4 Å². The molecule has 2 amide bonds. The highest BCUT2D eigenvalue weighted by molar-refractivity contribution is 6.08. The van der Waals surface area contributed by atoms with Crippen LogP contribution in [0, 0.1) is 11.8 Å². The molecule has 2 heterocycles. The van der Waals surface area contributed by atoms with E-state index in [4.69, 9.17) is 4.74 Å². The Morgan fingerprint density at radius 1 is 1.29 bits per heavy atom. The first-order chi connectivity index (χ1) is 11.4. The number of esters is 1. The Labute approximate surface area is 139 Å². The number of quaternary nitrogens is 1. The molecule has 0 spiro atoms. The minimum absolute atomic E-state index is 0.119. The van der Waals surface area contributed by atoms with Gasteiger partial charge in [0, 0.05) is 19.0 Å². The summed E-state index contributed by atoms with van der Waals surface area (Å²) in [6, 6.07) is 6.12. The SMILES string of the molecule is CC[C@]1(C(=O)OC)[NH2+][C@@H](c2ccc(O)cc2)[C@H]2C(=O)N(C)C(=O)[C@@H]21. The van der Waals surface area contributed by atoms with Crippen molar-refractivity contribution in [3.05, 3.63) is 29.8 Å². The van der Waals surface area contributed by atoms with Crippen molar-refractivity contribution in [2.75, 3.05) is 14.2 Å². The number of carbonyl (C=O) groups is 3. The van der Waals surface area contributed by atoms with Crippen molar-refractivity contribution in [3.63, 3.8) is 0 Å². The van der Waals surface area contributed by atoms with Crippen molar-refractivity contribution in [1.82, 2.24) is 4.90 Å². The number of rotatable bonds is 3. The molecule has 4 atom stereocenters. The van der Waals surface area contributed by atoms with Gasteiger partial charge in [-0.05, 0) is 24.3 Å². The first kappa shape index (κ1) is 16.4. The molecular weight excluding hydrogens is 312 g/mol. The second-order valence-electron chi connectivity index (χ2n) is 6.41. The summed E-state index contributed by atoms with van der Waals surface area (Å²) in [5.41, 5.74) is -0.321. The minimum atomic E-state index is -1.11. The third-order valence-electron chi connectivity index (χ3n) is 5.42. The molecule has 0 bridgehead atoms. The van der Waals surface area contributed by atoms with Gasteiger partial charge in [0.25, 0.3) is 0 Å². The number of fused-ring (bicyclic) bond motifs is 1. The fourth-order valence-electron chi connectivity index (χ4n) is 4.13. The molecule has 7 heteroatoms. The van der Waals surface area contributed by atoms with Gasteiger partial charge in [0.1, 0.15) is 23.6 Å². The van der Waals surface area contributed by atoms with Crippen LogP contribution in [-0.2, 0) is 19.1 Å². The summed E-state index contributed by atoms with van der Waals surface area (Å²) in [6.07, 6.45) is 0.377. The number of methoxy groups -OCH3 is 1. The lowest BCUT2D eigenvalue weighted by atomic mass is 9.78. The molecule has 2 aliphatic rings. The average Bonchev–Trinajstić information content (AvgIpc) is 3.05. The van der Waals surface area contributed by atoms with Gasteiger partial charge in [-0.2, -0.15) is 0 Å². The van der Waals surface area contributed by atoms with E-state index >= 15 is 0 Å². The van der Waals surface area contributed by atoms with Crippen molar-refractivity contribution in [3.8, 4) is 5.75 Å². The van der Waals surface area contributed by atoms with E-state index in [9.17, 15) is 19.5 Å². The highest BCUT2D eigenvalue weighted by Gasteiger charge is 2.71. The largest absolute Gasteiger partial charge is 0.508 e. The van der Waals surface area contributed by atoms with Gasteiger partial charge >= 0.3 is 5.97 Å². The molecule has 0 aromatic heterocycles. The Kier molecular flexibility index (Phi) is 3.83. The van der Waals surface area contributed by atoms with Crippen LogP contribution in [0.4, 0.5) is 0 Å². The maximum absolute atomic E-state index is 12.7. The van der Waals surface area contributed by atoms with Gasteiger partial charge in [0.15, 0.2) is 0 Å². The number of phenolic OH excluding ortho intramolecular Hbond substituents is 1. The number of phenols is 1. The molecular formula is C17H21N2O5+. The van der Waals surface area contributed by atoms with Gasteiger partial charge in [0.2, 0.25) is 17.4 Å². The number of nitrogens with zero attached hydrogens (tertiary/aromatic N) is 1. The summed E-state index contributed by atoms with van der Waals surface area (Å²) in [5.74, 6) is -2.35. The Morgan fingerprint density at radius 2 is 1.92 bits per heavy atom. The average molecular weight is 333 g/mol. The predicted octanol–water partition coefficient (Wildman–Crippen LogP) is -0.437. The van der Waals surface area contributed by atoms with E-state index in [1.807, 2.05) is 6.92 Å². The summed E-state index contributed by atoms with van der Waals surface area (Å²) >= 11 is 0. The van der Waals surface area contributed by atoms with E-state index in [0.29, 0.717) is 6.42 Å². The van der Waals surface area contributed by atoms with Crippen LogP contribution < -0.4 is 5.32 Å². The van der Waals surface area contributed by atoms with Crippen molar-refractivity contribution in [2.45, 2.75) is 24.9 Å². The molecule has 7 nitrogen and oxygen atoms in total. The van der Waals surface area contributed by atoms with Crippen molar-refractivity contribution < 1.29 is 29.5 Å². The number of carbonyl (C=O) groups excluding carboxylic acids is 3. The summed E-state index contributed by atoms with van der Waals surface area (Å²) in [7, 11) is 2.75. The van der Waals surface area contributed by atoms with Crippen LogP contribution in [0.2, 0.25) is 0 Å².